The van der Waals surface area contributed by atoms with Crippen LogP contribution in [-0.2, 0) is 6.61 Å². The van der Waals surface area contributed by atoms with Crippen LogP contribution in [-0.4, -0.2) is 11.5 Å². The molecule has 1 aromatic carbocycles. The molecule has 96 valence electrons. The van der Waals surface area contributed by atoms with Crippen molar-refractivity contribution >= 4 is 0 Å². The van der Waals surface area contributed by atoms with Crippen LogP contribution in [0.4, 0.5) is 4.39 Å². The van der Waals surface area contributed by atoms with Gasteiger partial charge in [0.15, 0.2) is 0 Å². The molecule has 0 spiro atoms. The first kappa shape index (κ1) is 13.1. The maximum absolute atomic E-state index is 13.7. The van der Waals surface area contributed by atoms with Crippen LogP contribution in [0.3, 0.4) is 0 Å². The van der Waals surface area contributed by atoms with E-state index in [0.29, 0.717) is 17.9 Å². The molecule has 0 atom stereocenters. The quantitative estimate of drug-likeness (QED) is 0.856. The van der Waals surface area contributed by atoms with Crippen LogP contribution in [0.2, 0.25) is 0 Å². The average molecular weight is 256 g/mol. The Bertz CT molecular complexity index is 603. The molecule has 2 rings (SSSR count). The second kappa shape index (κ2) is 6.53. The highest BCUT2D eigenvalue weighted by Gasteiger charge is 2.02. The van der Waals surface area contributed by atoms with Crippen LogP contribution in [0.15, 0.2) is 42.6 Å². The first-order valence-corrected chi connectivity index (χ1v) is 5.81. The first-order chi connectivity index (χ1) is 9.29. The molecule has 2 aromatic rings. The van der Waals surface area contributed by atoms with Crippen LogP contribution >= 0.6 is 0 Å². The summed E-state index contributed by atoms with van der Waals surface area (Å²) in [5, 5.41) is 0. The number of rotatable bonds is 3. The Morgan fingerprint density at radius 1 is 1.26 bits per heavy atom. The normalized spacial score (nSPS) is 9.58. The maximum Gasteiger partial charge on any atom is 0.142 e. The summed E-state index contributed by atoms with van der Waals surface area (Å²) in [7, 11) is 0. The van der Waals surface area contributed by atoms with Gasteiger partial charge in [0, 0.05) is 12.3 Å². The van der Waals surface area contributed by atoms with Crippen LogP contribution in [0.25, 0.3) is 0 Å². The molecule has 0 bridgehead atoms. The molecule has 0 radical (unpaired) electrons. The smallest absolute Gasteiger partial charge is 0.142 e. The van der Waals surface area contributed by atoms with Crippen LogP contribution in [0.1, 0.15) is 11.3 Å². The van der Waals surface area contributed by atoms with E-state index in [0.717, 1.165) is 5.69 Å². The summed E-state index contributed by atoms with van der Waals surface area (Å²) in [5.74, 6) is 5.29. The van der Waals surface area contributed by atoms with Gasteiger partial charge in [-0.05, 0) is 24.3 Å². The number of benzene rings is 1. The van der Waals surface area contributed by atoms with Gasteiger partial charge in [0.05, 0.1) is 17.8 Å². The Kier molecular flexibility index (Phi) is 4.49. The third-order valence-corrected chi connectivity index (χ3v) is 2.38. The lowest BCUT2D eigenvalue weighted by molar-refractivity contribution is 0.299. The summed E-state index contributed by atoms with van der Waals surface area (Å²) in [6.45, 7) is 0.505. The van der Waals surface area contributed by atoms with E-state index in [2.05, 4.69) is 16.8 Å². The first-order valence-electron chi connectivity index (χ1n) is 5.81. The number of ether oxygens (including phenoxy) is 1. The standard InChI is InChI=1S/C15H13FN2O/c16-15-10-14(7-6-12(15)4-3-8-17)19-11-13-5-1-2-9-18-13/h1-2,5-7,9-10H,8,11,17H2. The van der Waals surface area contributed by atoms with Crippen molar-refractivity contribution < 1.29 is 9.13 Å². The minimum atomic E-state index is -0.417. The third-order valence-electron chi connectivity index (χ3n) is 2.38. The molecule has 0 aliphatic rings. The van der Waals surface area contributed by atoms with Gasteiger partial charge in [0.25, 0.3) is 0 Å². The summed E-state index contributed by atoms with van der Waals surface area (Å²) < 4.78 is 19.1. The van der Waals surface area contributed by atoms with Crippen LogP contribution in [0, 0.1) is 17.7 Å². The molecule has 0 fully saturated rings. The van der Waals surface area contributed by atoms with Gasteiger partial charge in [0.1, 0.15) is 18.2 Å². The van der Waals surface area contributed by atoms with Crippen molar-refractivity contribution in [2.75, 3.05) is 6.54 Å². The van der Waals surface area contributed by atoms with Gasteiger partial charge in [0.2, 0.25) is 0 Å². The molecule has 0 aliphatic heterocycles. The molecule has 3 nitrogen and oxygen atoms in total. The van der Waals surface area contributed by atoms with Crippen LogP contribution in [0.5, 0.6) is 5.75 Å². The van der Waals surface area contributed by atoms with Crippen molar-refractivity contribution in [3.8, 4) is 17.6 Å². The summed E-state index contributed by atoms with van der Waals surface area (Å²) in [5.41, 5.74) is 6.34. The molecular weight excluding hydrogens is 243 g/mol. The monoisotopic (exact) mass is 256 g/mol. The van der Waals surface area contributed by atoms with Gasteiger partial charge in [-0.1, -0.05) is 17.9 Å². The summed E-state index contributed by atoms with van der Waals surface area (Å²) >= 11 is 0. The van der Waals surface area contributed by atoms with Gasteiger partial charge in [-0.25, -0.2) is 4.39 Å². The Morgan fingerprint density at radius 3 is 2.84 bits per heavy atom. The van der Waals surface area contributed by atoms with E-state index < -0.39 is 5.82 Å². The highest BCUT2D eigenvalue weighted by Crippen LogP contribution is 2.17. The van der Waals surface area contributed by atoms with E-state index >= 15 is 0 Å². The lowest BCUT2D eigenvalue weighted by Gasteiger charge is -2.06. The van der Waals surface area contributed by atoms with Gasteiger partial charge in [-0.3, -0.25) is 4.98 Å². The second-order valence-electron chi connectivity index (χ2n) is 3.76. The van der Waals surface area contributed by atoms with Crippen molar-refractivity contribution in [3.63, 3.8) is 0 Å². The van der Waals surface area contributed by atoms with Gasteiger partial charge < -0.3 is 10.5 Å². The minimum absolute atomic E-state index is 0.206. The Balaban J connectivity index is 2.04. The zero-order valence-electron chi connectivity index (χ0n) is 10.3. The van der Waals surface area contributed by atoms with Crippen molar-refractivity contribution in [3.05, 3.63) is 59.7 Å². The SMILES string of the molecule is NCC#Cc1ccc(OCc2ccccn2)cc1F. The van der Waals surface area contributed by atoms with Crippen molar-refractivity contribution in [1.29, 1.82) is 0 Å². The fourth-order valence-corrected chi connectivity index (χ4v) is 1.47. The predicted octanol–water partition coefficient (Wildman–Crippen LogP) is 2.11. The maximum atomic E-state index is 13.7. The molecule has 0 unspecified atom stereocenters. The number of pyridine rings is 1. The fraction of sp³-hybridized carbons (Fsp3) is 0.133. The predicted molar refractivity (Wildman–Crippen MR) is 70.9 cm³/mol. The molecule has 19 heavy (non-hydrogen) atoms. The molecule has 0 saturated carbocycles. The summed E-state index contributed by atoms with van der Waals surface area (Å²) in [6.07, 6.45) is 1.69. The highest BCUT2D eigenvalue weighted by atomic mass is 19.1. The number of nitrogens with zero attached hydrogens (tertiary/aromatic N) is 1. The van der Waals surface area contributed by atoms with Gasteiger partial charge in [-0.2, -0.15) is 0 Å². The second-order valence-corrected chi connectivity index (χ2v) is 3.76. The number of nitrogens with two attached hydrogens (primary N) is 1. The molecule has 0 amide bonds. The van der Waals surface area contributed by atoms with E-state index in [1.54, 1.807) is 18.3 Å². The molecule has 0 aliphatic carbocycles. The average Bonchev–Trinajstić information content (AvgIpc) is 2.45. The van der Waals surface area contributed by atoms with E-state index in [1.165, 1.54) is 6.07 Å². The molecule has 0 saturated heterocycles. The number of halogens is 1. The van der Waals surface area contributed by atoms with E-state index in [-0.39, 0.29) is 6.54 Å². The zero-order valence-corrected chi connectivity index (χ0v) is 10.3. The Morgan fingerprint density at radius 2 is 2.16 bits per heavy atom. The van der Waals surface area contributed by atoms with Crippen molar-refractivity contribution in [2.45, 2.75) is 6.61 Å². The summed E-state index contributed by atoms with van der Waals surface area (Å²) in [4.78, 5) is 4.12. The molecule has 1 heterocycles. The topological polar surface area (TPSA) is 48.1 Å². The molecule has 1 aromatic heterocycles. The fourth-order valence-electron chi connectivity index (χ4n) is 1.47. The number of hydrogen-bond donors (Lipinski definition) is 1. The van der Waals surface area contributed by atoms with E-state index in [4.69, 9.17) is 10.5 Å². The van der Waals surface area contributed by atoms with Crippen molar-refractivity contribution in [2.24, 2.45) is 5.73 Å². The lowest BCUT2D eigenvalue weighted by atomic mass is 10.2. The van der Waals surface area contributed by atoms with Crippen molar-refractivity contribution in [1.82, 2.24) is 4.98 Å². The molecule has 2 N–H and O–H groups in total. The molecule has 4 heteroatoms. The lowest BCUT2D eigenvalue weighted by Crippen LogP contribution is -1.98. The van der Waals surface area contributed by atoms with E-state index in [9.17, 15) is 4.39 Å². The number of hydrogen-bond acceptors (Lipinski definition) is 3. The van der Waals surface area contributed by atoms with Gasteiger partial charge >= 0.3 is 0 Å². The minimum Gasteiger partial charge on any atom is -0.487 e. The Hall–Kier alpha value is -2.38. The highest BCUT2D eigenvalue weighted by molar-refractivity contribution is 5.39. The summed E-state index contributed by atoms with van der Waals surface area (Å²) in [6, 6.07) is 10.1. The van der Waals surface area contributed by atoms with E-state index in [1.807, 2.05) is 18.2 Å². The largest absolute Gasteiger partial charge is 0.487 e. The molecular formula is C15H13FN2O. The number of aromatic nitrogens is 1. The van der Waals surface area contributed by atoms with Gasteiger partial charge in [-0.15, -0.1) is 0 Å². The Labute approximate surface area is 111 Å². The third kappa shape index (κ3) is 3.80. The zero-order chi connectivity index (χ0) is 13.5. The van der Waals surface area contributed by atoms with Crippen LogP contribution < -0.4 is 10.5 Å².